The second-order valence-corrected chi connectivity index (χ2v) is 8.80. The van der Waals surface area contributed by atoms with Gasteiger partial charge in [0, 0.05) is 37.0 Å². The van der Waals surface area contributed by atoms with E-state index in [0.29, 0.717) is 25.3 Å². The third-order valence-electron chi connectivity index (χ3n) is 5.91. The summed E-state index contributed by atoms with van der Waals surface area (Å²) in [6, 6.07) is 9.98. The Hall–Kier alpha value is -1.80. The Morgan fingerprint density at radius 3 is 2.78 bits per heavy atom. The van der Waals surface area contributed by atoms with Crippen molar-refractivity contribution in [3.63, 3.8) is 0 Å². The summed E-state index contributed by atoms with van der Waals surface area (Å²) in [6.45, 7) is 1.47. The van der Waals surface area contributed by atoms with Crippen LogP contribution in [0.3, 0.4) is 0 Å². The summed E-state index contributed by atoms with van der Waals surface area (Å²) >= 11 is 1.48. The number of hydrogen-bond donors (Lipinski definition) is 2. The number of thiazole rings is 1. The number of aliphatic hydroxyl groups is 2. The van der Waals surface area contributed by atoms with Gasteiger partial charge in [-0.15, -0.1) is 11.3 Å². The molecule has 2 fully saturated rings. The highest BCUT2D eigenvalue weighted by atomic mass is 32.1. The number of carbonyl (C=O) groups excluding carboxylic acids is 1. The summed E-state index contributed by atoms with van der Waals surface area (Å²) < 4.78 is 0. The van der Waals surface area contributed by atoms with Gasteiger partial charge in [0.25, 0.3) is 5.91 Å². The number of β-amino-alcohol motifs (C(OH)–C–C–N with tert-alkyl or cyclic N) is 1. The van der Waals surface area contributed by atoms with Gasteiger partial charge in [-0.2, -0.15) is 0 Å². The molecule has 0 unspecified atom stereocenters. The molecule has 1 aliphatic heterocycles. The van der Waals surface area contributed by atoms with Crippen molar-refractivity contribution in [2.24, 2.45) is 11.3 Å². The van der Waals surface area contributed by atoms with Crippen molar-refractivity contribution < 1.29 is 15.0 Å². The molecule has 1 amide bonds. The number of rotatable bonds is 5. The molecule has 1 spiro atoms. The van der Waals surface area contributed by atoms with E-state index in [1.165, 1.54) is 11.3 Å². The lowest BCUT2D eigenvalue weighted by molar-refractivity contribution is 0.0759. The Labute approximate surface area is 163 Å². The Kier molecular flexibility index (Phi) is 4.80. The standard InChI is InChI=1S/C20H25N3O3S/c1-22(2)9-17-21-15(11-27-17)19(26)23-8-16(25)20(12-23)14(10-24)18(20)13-6-4-3-5-7-13/h3-7,11,14,16,18,24-25H,8-10,12H2,1-2H3/t14-,16+,18-,20-/m1/s1. The quantitative estimate of drug-likeness (QED) is 0.811. The largest absolute Gasteiger partial charge is 0.396 e. The smallest absolute Gasteiger partial charge is 0.273 e. The maximum atomic E-state index is 12.9. The number of nitrogens with zero attached hydrogens (tertiary/aromatic N) is 3. The van der Waals surface area contributed by atoms with Crippen molar-refractivity contribution >= 4 is 17.2 Å². The molecule has 7 heteroatoms. The molecule has 144 valence electrons. The van der Waals surface area contributed by atoms with Crippen LogP contribution in [0.2, 0.25) is 0 Å². The summed E-state index contributed by atoms with van der Waals surface area (Å²) in [5.74, 6) is -0.0775. The van der Waals surface area contributed by atoms with Crippen LogP contribution in [0.1, 0.15) is 27.0 Å². The highest BCUT2D eigenvalue weighted by Gasteiger charge is 2.71. The second-order valence-electron chi connectivity index (χ2n) is 7.86. The van der Waals surface area contributed by atoms with E-state index < -0.39 is 11.5 Å². The molecule has 27 heavy (non-hydrogen) atoms. The monoisotopic (exact) mass is 387 g/mol. The van der Waals surface area contributed by atoms with Crippen LogP contribution in [-0.4, -0.2) is 70.8 Å². The fraction of sp³-hybridized carbons (Fsp3) is 0.500. The molecule has 1 saturated carbocycles. The first-order valence-electron chi connectivity index (χ1n) is 9.19. The first kappa shape index (κ1) is 18.6. The first-order valence-corrected chi connectivity index (χ1v) is 10.1. The highest BCUT2D eigenvalue weighted by Crippen LogP contribution is 2.68. The van der Waals surface area contributed by atoms with E-state index in [-0.39, 0.29) is 24.3 Å². The number of carbonyl (C=O) groups is 1. The number of aromatic nitrogens is 1. The average molecular weight is 388 g/mol. The zero-order valence-electron chi connectivity index (χ0n) is 15.6. The van der Waals surface area contributed by atoms with E-state index in [4.69, 9.17) is 0 Å². The first-order chi connectivity index (χ1) is 13.0. The van der Waals surface area contributed by atoms with Crippen molar-refractivity contribution in [3.8, 4) is 0 Å². The second kappa shape index (κ2) is 6.98. The Bertz CT molecular complexity index is 825. The number of amides is 1. The molecule has 0 radical (unpaired) electrons. The number of likely N-dealkylation sites (tertiary alicyclic amines) is 1. The molecule has 1 aromatic heterocycles. The molecule has 1 aliphatic carbocycles. The lowest BCUT2D eigenvalue weighted by atomic mass is 9.95. The van der Waals surface area contributed by atoms with Crippen LogP contribution < -0.4 is 0 Å². The van der Waals surface area contributed by atoms with Gasteiger partial charge in [0.05, 0.1) is 6.10 Å². The van der Waals surface area contributed by atoms with Crippen molar-refractivity contribution in [3.05, 3.63) is 52.0 Å². The normalized spacial score (nSPS) is 29.7. The van der Waals surface area contributed by atoms with Gasteiger partial charge < -0.3 is 20.0 Å². The molecule has 2 heterocycles. The molecular weight excluding hydrogens is 362 g/mol. The third-order valence-corrected chi connectivity index (χ3v) is 6.74. The van der Waals surface area contributed by atoms with Crippen LogP contribution in [-0.2, 0) is 6.54 Å². The fourth-order valence-corrected chi connectivity index (χ4v) is 5.52. The van der Waals surface area contributed by atoms with Gasteiger partial charge in [-0.1, -0.05) is 30.3 Å². The molecule has 4 atom stereocenters. The van der Waals surface area contributed by atoms with Gasteiger partial charge in [0.2, 0.25) is 0 Å². The van der Waals surface area contributed by atoms with Crippen LogP contribution in [0, 0.1) is 11.3 Å². The van der Waals surface area contributed by atoms with E-state index in [9.17, 15) is 15.0 Å². The third kappa shape index (κ3) is 3.08. The van der Waals surface area contributed by atoms with E-state index in [0.717, 1.165) is 10.6 Å². The van der Waals surface area contributed by atoms with E-state index in [1.54, 1.807) is 10.3 Å². The number of hydrogen-bond acceptors (Lipinski definition) is 6. The Morgan fingerprint density at radius 1 is 1.37 bits per heavy atom. The van der Waals surface area contributed by atoms with Crippen molar-refractivity contribution in [1.29, 1.82) is 0 Å². The minimum absolute atomic E-state index is 0.0162. The van der Waals surface area contributed by atoms with Crippen LogP contribution in [0.15, 0.2) is 35.7 Å². The molecule has 0 bridgehead atoms. The predicted octanol–water partition coefficient (Wildman–Crippen LogP) is 1.41. The molecule has 2 N–H and O–H groups in total. The summed E-state index contributed by atoms with van der Waals surface area (Å²) in [4.78, 5) is 21.1. The molecule has 1 aromatic carbocycles. The van der Waals surface area contributed by atoms with E-state index in [2.05, 4.69) is 4.98 Å². The number of benzene rings is 1. The van der Waals surface area contributed by atoms with Crippen LogP contribution >= 0.6 is 11.3 Å². The molecule has 2 aliphatic rings. The fourth-order valence-electron chi connectivity index (χ4n) is 4.64. The zero-order chi connectivity index (χ0) is 19.2. The van der Waals surface area contributed by atoms with E-state index >= 15 is 0 Å². The summed E-state index contributed by atoms with van der Waals surface area (Å²) in [5.41, 5.74) is 1.11. The van der Waals surface area contributed by atoms with Crippen molar-refractivity contribution in [1.82, 2.24) is 14.8 Å². The lowest BCUT2D eigenvalue weighted by Crippen LogP contribution is -2.30. The molecule has 6 nitrogen and oxygen atoms in total. The predicted molar refractivity (Wildman–Crippen MR) is 104 cm³/mol. The van der Waals surface area contributed by atoms with Crippen LogP contribution in [0.5, 0.6) is 0 Å². The van der Waals surface area contributed by atoms with Gasteiger partial charge >= 0.3 is 0 Å². The van der Waals surface area contributed by atoms with Crippen molar-refractivity contribution in [2.75, 3.05) is 33.8 Å². The van der Waals surface area contributed by atoms with Crippen LogP contribution in [0.4, 0.5) is 0 Å². The molecule has 2 aromatic rings. The minimum Gasteiger partial charge on any atom is -0.396 e. The molecule has 1 saturated heterocycles. The summed E-state index contributed by atoms with van der Waals surface area (Å²) in [6.07, 6.45) is -0.635. The topological polar surface area (TPSA) is 76.9 Å². The molecular formula is C20H25N3O3S. The molecule has 4 rings (SSSR count). The minimum atomic E-state index is -0.635. The Morgan fingerprint density at radius 2 is 2.11 bits per heavy atom. The Balaban J connectivity index is 1.53. The van der Waals surface area contributed by atoms with Gasteiger partial charge in [0.1, 0.15) is 10.7 Å². The zero-order valence-corrected chi connectivity index (χ0v) is 16.4. The van der Waals surface area contributed by atoms with Gasteiger partial charge in [-0.3, -0.25) is 4.79 Å². The van der Waals surface area contributed by atoms with Gasteiger partial charge in [0.15, 0.2) is 0 Å². The lowest BCUT2D eigenvalue weighted by Gasteiger charge is -2.16. The number of aliphatic hydroxyl groups excluding tert-OH is 2. The maximum Gasteiger partial charge on any atom is 0.273 e. The SMILES string of the molecule is CN(C)Cc1nc(C(=O)N2C[C@H](O)[C@@]3(C2)[C@H](CO)[C@H]3c2ccccc2)cs1. The maximum absolute atomic E-state index is 12.9. The van der Waals surface area contributed by atoms with E-state index in [1.807, 2.05) is 49.3 Å². The summed E-state index contributed by atoms with van der Waals surface area (Å²) in [5, 5.41) is 23.4. The van der Waals surface area contributed by atoms with Crippen molar-refractivity contribution in [2.45, 2.75) is 18.6 Å². The van der Waals surface area contributed by atoms with Gasteiger partial charge in [-0.25, -0.2) is 4.98 Å². The summed E-state index contributed by atoms with van der Waals surface area (Å²) in [7, 11) is 3.94. The highest BCUT2D eigenvalue weighted by molar-refractivity contribution is 7.09. The van der Waals surface area contributed by atoms with Crippen LogP contribution in [0.25, 0.3) is 0 Å². The van der Waals surface area contributed by atoms with Gasteiger partial charge in [-0.05, 0) is 31.5 Å². The average Bonchev–Trinajstić information content (AvgIpc) is 2.88.